The molecule has 0 atom stereocenters. The highest BCUT2D eigenvalue weighted by molar-refractivity contribution is 6.02. The first-order chi connectivity index (χ1) is 12.7. The number of esters is 2. The molecule has 9 heteroatoms. The average Bonchev–Trinajstić information content (AvgIpc) is 2.65. The molecule has 0 heterocycles. The monoisotopic (exact) mass is 381 g/mol. The molecule has 2 rings (SSSR count). The number of anilines is 1. The molecule has 0 radical (unpaired) electrons. The average molecular weight is 381 g/mol. The maximum atomic E-state index is 12.7. The van der Waals surface area contributed by atoms with Gasteiger partial charge in [0, 0.05) is 0 Å². The molecule has 0 aliphatic carbocycles. The van der Waals surface area contributed by atoms with Crippen LogP contribution < -0.4 is 5.32 Å². The standard InChI is InChI=1S/C18H14F3NO5/c1-26-17(25)13-7-2-3-8-14(13)22-15(23)10-27-16(24)11-5-4-6-12(9-11)18(19,20)21/h2-9H,10H2,1H3,(H,22,23). The first-order valence-corrected chi connectivity index (χ1v) is 7.54. The van der Waals surface area contributed by atoms with E-state index in [9.17, 15) is 27.6 Å². The summed E-state index contributed by atoms with van der Waals surface area (Å²) >= 11 is 0. The predicted octanol–water partition coefficient (Wildman–Crippen LogP) is 3.29. The van der Waals surface area contributed by atoms with Gasteiger partial charge in [-0.3, -0.25) is 4.79 Å². The SMILES string of the molecule is COC(=O)c1ccccc1NC(=O)COC(=O)c1cccc(C(F)(F)F)c1. The molecule has 0 bridgehead atoms. The van der Waals surface area contributed by atoms with Crippen LogP contribution in [-0.2, 0) is 20.4 Å². The Kier molecular flexibility index (Phi) is 6.17. The molecule has 6 nitrogen and oxygen atoms in total. The molecule has 0 aromatic heterocycles. The van der Waals surface area contributed by atoms with Gasteiger partial charge in [0.15, 0.2) is 6.61 Å². The van der Waals surface area contributed by atoms with Gasteiger partial charge in [-0.25, -0.2) is 9.59 Å². The quantitative estimate of drug-likeness (QED) is 0.804. The molecule has 142 valence electrons. The number of benzene rings is 2. The van der Waals surface area contributed by atoms with Gasteiger partial charge < -0.3 is 14.8 Å². The summed E-state index contributed by atoms with van der Waals surface area (Å²) in [7, 11) is 1.18. The largest absolute Gasteiger partial charge is 0.465 e. The number of halogens is 3. The van der Waals surface area contributed by atoms with Crippen LogP contribution in [0.2, 0.25) is 0 Å². The first-order valence-electron chi connectivity index (χ1n) is 7.54. The van der Waals surface area contributed by atoms with Crippen LogP contribution in [-0.4, -0.2) is 31.6 Å². The number of alkyl halides is 3. The zero-order valence-electron chi connectivity index (χ0n) is 14.0. The van der Waals surface area contributed by atoms with Gasteiger partial charge in [-0.05, 0) is 30.3 Å². The van der Waals surface area contributed by atoms with Gasteiger partial charge >= 0.3 is 18.1 Å². The van der Waals surface area contributed by atoms with E-state index in [0.29, 0.717) is 6.07 Å². The summed E-state index contributed by atoms with van der Waals surface area (Å²) in [6.45, 7) is -0.745. The third-order valence-corrected chi connectivity index (χ3v) is 3.37. The Morgan fingerprint density at radius 2 is 1.70 bits per heavy atom. The Hall–Kier alpha value is -3.36. The van der Waals surface area contributed by atoms with E-state index >= 15 is 0 Å². The third-order valence-electron chi connectivity index (χ3n) is 3.37. The van der Waals surface area contributed by atoms with Gasteiger partial charge in [-0.15, -0.1) is 0 Å². The molecule has 1 N–H and O–H groups in total. The molecule has 0 fully saturated rings. The topological polar surface area (TPSA) is 81.7 Å². The fourth-order valence-electron chi connectivity index (χ4n) is 2.10. The van der Waals surface area contributed by atoms with Crippen LogP contribution in [0.15, 0.2) is 48.5 Å². The van der Waals surface area contributed by atoms with Gasteiger partial charge in [-0.2, -0.15) is 13.2 Å². The van der Waals surface area contributed by atoms with Crippen molar-refractivity contribution in [2.75, 3.05) is 19.0 Å². The maximum Gasteiger partial charge on any atom is 0.416 e. The number of hydrogen-bond acceptors (Lipinski definition) is 5. The first kappa shape index (κ1) is 20.0. The van der Waals surface area contributed by atoms with E-state index in [0.717, 1.165) is 18.2 Å². The molecule has 27 heavy (non-hydrogen) atoms. The van der Waals surface area contributed by atoms with Crippen molar-refractivity contribution in [3.63, 3.8) is 0 Å². The highest BCUT2D eigenvalue weighted by Gasteiger charge is 2.31. The molecule has 1 amide bonds. The molecular formula is C18H14F3NO5. The molecule has 0 unspecified atom stereocenters. The summed E-state index contributed by atoms with van der Waals surface area (Å²) in [5, 5.41) is 2.37. The Balaban J connectivity index is 2.00. The van der Waals surface area contributed by atoms with Crippen LogP contribution in [0.3, 0.4) is 0 Å². The van der Waals surface area contributed by atoms with Crippen LogP contribution in [0.25, 0.3) is 0 Å². The minimum absolute atomic E-state index is 0.0950. The van der Waals surface area contributed by atoms with Gasteiger partial charge in [0.2, 0.25) is 0 Å². The Morgan fingerprint density at radius 1 is 1.00 bits per heavy atom. The second-order valence-electron chi connectivity index (χ2n) is 5.24. The van der Waals surface area contributed by atoms with E-state index < -0.39 is 36.2 Å². The number of hydrogen-bond donors (Lipinski definition) is 1. The molecule has 0 saturated carbocycles. The second-order valence-corrected chi connectivity index (χ2v) is 5.24. The van der Waals surface area contributed by atoms with Crippen molar-refractivity contribution in [1.82, 2.24) is 0 Å². The summed E-state index contributed by atoms with van der Waals surface area (Å²) in [6.07, 6.45) is -4.61. The fraction of sp³-hybridized carbons (Fsp3) is 0.167. The lowest BCUT2D eigenvalue weighted by Gasteiger charge is -2.11. The smallest absolute Gasteiger partial charge is 0.416 e. The lowest BCUT2D eigenvalue weighted by Crippen LogP contribution is -2.22. The predicted molar refractivity (Wildman–Crippen MR) is 88.1 cm³/mol. The van der Waals surface area contributed by atoms with Gasteiger partial charge in [0.05, 0.1) is 29.5 Å². The lowest BCUT2D eigenvalue weighted by atomic mass is 10.1. The maximum absolute atomic E-state index is 12.7. The number of rotatable bonds is 5. The molecule has 0 aliphatic heterocycles. The number of para-hydroxylation sites is 1. The Labute approximate surface area is 151 Å². The zero-order chi connectivity index (χ0) is 20.0. The molecule has 0 spiro atoms. The number of nitrogens with one attached hydrogen (secondary N) is 1. The highest BCUT2D eigenvalue weighted by Crippen LogP contribution is 2.29. The summed E-state index contributed by atoms with van der Waals surface area (Å²) < 4.78 is 47.3. The Morgan fingerprint density at radius 3 is 2.37 bits per heavy atom. The van der Waals surface area contributed by atoms with Crippen LogP contribution in [0.4, 0.5) is 18.9 Å². The molecule has 2 aromatic rings. The van der Waals surface area contributed by atoms with Gasteiger partial charge in [0.25, 0.3) is 5.91 Å². The summed E-state index contributed by atoms with van der Waals surface area (Å²) in [4.78, 5) is 35.4. The molecule has 0 saturated heterocycles. The molecular weight excluding hydrogens is 367 g/mol. The van der Waals surface area contributed by atoms with Crippen molar-refractivity contribution in [3.8, 4) is 0 Å². The summed E-state index contributed by atoms with van der Waals surface area (Å²) in [5.41, 5.74) is -1.11. The van der Waals surface area contributed by atoms with E-state index in [-0.39, 0.29) is 16.8 Å². The Bertz CT molecular complexity index is 864. The van der Waals surface area contributed by atoms with E-state index in [4.69, 9.17) is 4.74 Å². The summed E-state index contributed by atoms with van der Waals surface area (Å²) in [5.74, 6) is -2.53. The van der Waals surface area contributed by atoms with E-state index in [1.165, 1.54) is 19.2 Å². The van der Waals surface area contributed by atoms with E-state index in [1.54, 1.807) is 12.1 Å². The number of methoxy groups -OCH3 is 1. The second kappa shape index (κ2) is 8.35. The number of amides is 1. The molecule has 0 aliphatic rings. The van der Waals surface area contributed by atoms with Crippen molar-refractivity contribution in [2.24, 2.45) is 0 Å². The van der Waals surface area contributed by atoms with Crippen molar-refractivity contribution < 1.29 is 37.0 Å². The summed E-state index contributed by atoms with van der Waals surface area (Å²) in [6, 6.07) is 9.65. The number of ether oxygens (including phenoxy) is 2. The van der Waals surface area contributed by atoms with Crippen molar-refractivity contribution >= 4 is 23.5 Å². The lowest BCUT2D eigenvalue weighted by molar-refractivity contribution is -0.137. The van der Waals surface area contributed by atoms with Crippen LogP contribution in [0, 0.1) is 0 Å². The zero-order valence-corrected chi connectivity index (χ0v) is 14.0. The van der Waals surface area contributed by atoms with Crippen LogP contribution in [0.5, 0.6) is 0 Å². The number of carbonyl (C=O) groups is 3. The van der Waals surface area contributed by atoms with Crippen molar-refractivity contribution in [3.05, 3.63) is 65.2 Å². The highest BCUT2D eigenvalue weighted by atomic mass is 19.4. The van der Waals surface area contributed by atoms with Gasteiger partial charge in [0.1, 0.15) is 0 Å². The van der Waals surface area contributed by atoms with Gasteiger partial charge in [-0.1, -0.05) is 18.2 Å². The number of carbonyl (C=O) groups excluding carboxylic acids is 3. The van der Waals surface area contributed by atoms with Crippen molar-refractivity contribution in [2.45, 2.75) is 6.18 Å². The third kappa shape index (κ3) is 5.30. The van der Waals surface area contributed by atoms with Crippen LogP contribution >= 0.6 is 0 Å². The van der Waals surface area contributed by atoms with Crippen LogP contribution in [0.1, 0.15) is 26.3 Å². The minimum Gasteiger partial charge on any atom is -0.465 e. The fourth-order valence-corrected chi connectivity index (χ4v) is 2.10. The molecule has 2 aromatic carbocycles. The minimum atomic E-state index is -4.61. The van der Waals surface area contributed by atoms with E-state index in [1.807, 2.05) is 0 Å². The van der Waals surface area contributed by atoms with E-state index in [2.05, 4.69) is 10.1 Å². The normalized spacial score (nSPS) is 10.8. The van der Waals surface area contributed by atoms with Crippen molar-refractivity contribution in [1.29, 1.82) is 0 Å².